The fourth-order valence-electron chi connectivity index (χ4n) is 1.86. The average Bonchev–Trinajstić information content (AvgIpc) is 2.47. The molecular weight excluding hydrogens is 352 g/mol. The minimum atomic E-state index is -0.591. The summed E-state index contributed by atoms with van der Waals surface area (Å²) in [6.45, 7) is 0. The lowest BCUT2D eigenvalue weighted by Crippen LogP contribution is -2.36. The highest BCUT2D eigenvalue weighted by atomic mass is 79.9. The van der Waals surface area contributed by atoms with Crippen LogP contribution in [0.4, 0.5) is 0 Å². The number of phenols is 1. The van der Waals surface area contributed by atoms with Crippen molar-refractivity contribution in [3.63, 3.8) is 0 Å². The molecule has 108 valence electrons. The molecule has 1 unspecified atom stereocenters. The third-order valence-electron chi connectivity index (χ3n) is 2.90. The highest BCUT2D eigenvalue weighted by molar-refractivity contribution is 9.10. The second-order valence-corrected chi connectivity index (χ2v) is 5.77. The molecule has 0 aliphatic rings. The van der Waals surface area contributed by atoms with E-state index in [0.717, 1.165) is 5.56 Å². The molecule has 0 spiro atoms. The van der Waals surface area contributed by atoms with E-state index < -0.39 is 11.9 Å². The summed E-state index contributed by atoms with van der Waals surface area (Å²) in [5.74, 6) is -0.555. The van der Waals surface area contributed by atoms with Crippen LogP contribution >= 0.6 is 28.1 Å². The Balaban J connectivity index is 2.27. The van der Waals surface area contributed by atoms with Crippen molar-refractivity contribution in [2.45, 2.75) is 6.04 Å². The fourth-order valence-corrected chi connectivity index (χ4v) is 2.42. The van der Waals surface area contributed by atoms with E-state index in [4.69, 9.17) is 18.0 Å². The van der Waals surface area contributed by atoms with Gasteiger partial charge in [0.25, 0.3) is 5.91 Å². The first kappa shape index (κ1) is 15.5. The molecular formula is C15H13BrN2O2S. The van der Waals surface area contributed by atoms with Crippen LogP contribution in [0.15, 0.2) is 53.0 Å². The minimum absolute atomic E-state index is 0.106. The summed E-state index contributed by atoms with van der Waals surface area (Å²) in [6.07, 6.45) is 0. The maximum Gasteiger partial charge on any atom is 0.255 e. The molecule has 21 heavy (non-hydrogen) atoms. The van der Waals surface area contributed by atoms with Crippen molar-refractivity contribution in [1.29, 1.82) is 0 Å². The number of thiocarbonyl (C=S) groups is 1. The van der Waals surface area contributed by atoms with Crippen LogP contribution < -0.4 is 11.1 Å². The average molecular weight is 365 g/mol. The van der Waals surface area contributed by atoms with Crippen LogP contribution in [0.2, 0.25) is 0 Å². The third kappa shape index (κ3) is 3.80. The molecule has 0 fully saturated rings. The maximum absolute atomic E-state index is 12.3. The molecule has 2 rings (SSSR count). The number of halogens is 1. The number of nitrogens with two attached hydrogens (primary N) is 1. The highest BCUT2D eigenvalue weighted by Gasteiger charge is 2.20. The number of hydrogen-bond acceptors (Lipinski definition) is 3. The van der Waals surface area contributed by atoms with E-state index in [1.807, 2.05) is 30.3 Å². The van der Waals surface area contributed by atoms with E-state index in [0.29, 0.717) is 4.47 Å². The van der Waals surface area contributed by atoms with Crippen molar-refractivity contribution >= 4 is 39.0 Å². The molecule has 0 bridgehead atoms. The fraction of sp³-hybridized carbons (Fsp3) is 0.0667. The summed E-state index contributed by atoms with van der Waals surface area (Å²) in [6, 6.07) is 13.2. The monoisotopic (exact) mass is 364 g/mol. The van der Waals surface area contributed by atoms with E-state index in [2.05, 4.69) is 21.2 Å². The largest absolute Gasteiger partial charge is 0.507 e. The second kappa shape index (κ2) is 6.69. The van der Waals surface area contributed by atoms with Crippen LogP contribution in [0.5, 0.6) is 5.75 Å². The van der Waals surface area contributed by atoms with Gasteiger partial charge >= 0.3 is 0 Å². The molecule has 6 heteroatoms. The zero-order valence-electron chi connectivity index (χ0n) is 10.9. The Morgan fingerprint density at radius 2 is 1.90 bits per heavy atom. The van der Waals surface area contributed by atoms with E-state index >= 15 is 0 Å². The molecule has 4 nitrogen and oxygen atoms in total. The molecule has 0 saturated heterocycles. The van der Waals surface area contributed by atoms with Gasteiger partial charge in [0.05, 0.1) is 5.56 Å². The van der Waals surface area contributed by atoms with Gasteiger partial charge < -0.3 is 16.2 Å². The summed E-state index contributed by atoms with van der Waals surface area (Å²) >= 11 is 8.28. The van der Waals surface area contributed by atoms with Gasteiger partial charge in [0.15, 0.2) is 0 Å². The second-order valence-electron chi connectivity index (χ2n) is 4.38. The number of amides is 1. The molecule has 1 atom stereocenters. The minimum Gasteiger partial charge on any atom is -0.507 e. The summed E-state index contributed by atoms with van der Waals surface area (Å²) in [4.78, 5) is 12.5. The molecule has 0 saturated carbocycles. The van der Waals surface area contributed by atoms with E-state index in [1.165, 1.54) is 12.1 Å². The molecule has 2 aromatic rings. The van der Waals surface area contributed by atoms with E-state index in [1.54, 1.807) is 6.07 Å². The van der Waals surface area contributed by atoms with Crippen molar-refractivity contribution in [2.24, 2.45) is 5.73 Å². The molecule has 0 radical (unpaired) electrons. The standard InChI is InChI=1S/C15H13BrN2O2S/c16-10-6-7-12(19)11(8-10)15(20)18-13(14(17)21)9-4-2-1-3-5-9/h1-8,13,19H,(H2,17,21)(H,18,20). The lowest BCUT2D eigenvalue weighted by molar-refractivity contribution is 0.0944. The highest BCUT2D eigenvalue weighted by Crippen LogP contribution is 2.23. The van der Waals surface area contributed by atoms with Crippen molar-refractivity contribution in [1.82, 2.24) is 5.32 Å². The van der Waals surface area contributed by atoms with Crippen LogP contribution in [-0.2, 0) is 0 Å². The zero-order chi connectivity index (χ0) is 15.4. The number of carbonyl (C=O) groups excluding carboxylic acids is 1. The SMILES string of the molecule is NC(=S)C(NC(=O)c1cc(Br)ccc1O)c1ccccc1. The number of nitrogens with one attached hydrogen (secondary N) is 1. The van der Waals surface area contributed by atoms with Crippen molar-refractivity contribution < 1.29 is 9.90 Å². The number of carbonyl (C=O) groups is 1. The molecule has 0 aromatic heterocycles. The molecule has 4 N–H and O–H groups in total. The lowest BCUT2D eigenvalue weighted by Gasteiger charge is -2.18. The maximum atomic E-state index is 12.3. The Morgan fingerprint density at radius 3 is 2.52 bits per heavy atom. The predicted molar refractivity (Wildman–Crippen MR) is 89.2 cm³/mol. The lowest BCUT2D eigenvalue weighted by atomic mass is 10.1. The summed E-state index contributed by atoms with van der Waals surface area (Å²) in [5.41, 5.74) is 6.65. The van der Waals surface area contributed by atoms with Gasteiger partial charge in [-0.2, -0.15) is 0 Å². The molecule has 0 aliphatic heterocycles. The van der Waals surface area contributed by atoms with Gasteiger partial charge in [-0.1, -0.05) is 58.5 Å². The number of hydrogen-bond donors (Lipinski definition) is 3. The van der Waals surface area contributed by atoms with Crippen LogP contribution in [0.1, 0.15) is 22.0 Å². The molecule has 1 amide bonds. The Bertz CT molecular complexity index is 677. The van der Waals surface area contributed by atoms with Crippen LogP contribution in [0, 0.1) is 0 Å². The van der Waals surface area contributed by atoms with E-state index in [9.17, 15) is 9.90 Å². The smallest absolute Gasteiger partial charge is 0.255 e. The van der Waals surface area contributed by atoms with Crippen LogP contribution in [0.25, 0.3) is 0 Å². The number of rotatable bonds is 4. The summed E-state index contributed by atoms with van der Waals surface area (Å²) in [7, 11) is 0. The van der Waals surface area contributed by atoms with Crippen LogP contribution in [-0.4, -0.2) is 16.0 Å². The van der Waals surface area contributed by atoms with Gasteiger partial charge in [0.2, 0.25) is 0 Å². The third-order valence-corrected chi connectivity index (χ3v) is 3.63. The van der Waals surface area contributed by atoms with Gasteiger partial charge in [-0.05, 0) is 23.8 Å². The van der Waals surface area contributed by atoms with Gasteiger partial charge in [-0.3, -0.25) is 4.79 Å². The van der Waals surface area contributed by atoms with E-state index in [-0.39, 0.29) is 16.3 Å². The topological polar surface area (TPSA) is 75.3 Å². The van der Waals surface area contributed by atoms with Gasteiger partial charge in [-0.15, -0.1) is 0 Å². The van der Waals surface area contributed by atoms with Crippen LogP contribution in [0.3, 0.4) is 0 Å². The first-order valence-electron chi connectivity index (χ1n) is 6.12. The van der Waals surface area contributed by atoms with Crippen molar-refractivity contribution in [2.75, 3.05) is 0 Å². The number of aromatic hydroxyl groups is 1. The first-order valence-corrected chi connectivity index (χ1v) is 7.33. The Kier molecular flexibility index (Phi) is 4.93. The number of benzene rings is 2. The van der Waals surface area contributed by atoms with Gasteiger partial charge in [0.1, 0.15) is 16.8 Å². The zero-order valence-corrected chi connectivity index (χ0v) is 13.3. The Labute approximate surface area is 136 Å². The first-order chi connectivity index (χ1) is 9.99. The quantitative estimate of drug-likeness (QED) is 0.729. The van der Waals surface area contributed by atoms with Gasteiger partial charge in [-0.25, -0.2) is 0 Å². The number of phenolic OH excluding ortho intramolecular Hbond substituents is 1. The van der Waals surface area contributed by atoms with Crippen molar-refractivity contribution in [3.8, 4) is 5.75 Å². The Morgan fingerprint density at radius 1 is 1.24 bits per heavy atom. The summed E-state index contributed by atoms with van der Waals surface area (Å²) in [5, 5.41) is 12.5. The van der Waals surface area contributed by atoms with Crippen molar-refractivity contribution in [3.05, 3.63) is 64.1 Å². The normalized spacial score (nSPS) is 11.7. The molecule has 2 aromatic carbocycles. The van der Waals surface area contributed by atoms with Gasteiger partial charge in [0, 0.05) is 4.47 Å². The molecule has 0 heterocycles. The molecule has 0 aliphatic carbocycles. The Hall–Kier alpha value is -1.92. The summed E-state index contributed by atoms with van der Waals surface area (Å²) < 4.78 is 0.692. The predicted octanol–water partition coefficient (Wildman–Crippen LogP) is 2.91.